The second-order valence-corrected chi connectivity index (χ2v) is 4.60. The van der Waals surface area contributed by atoms with Gasteiger partial charge in [-0.2, -0.15) is 20.5 Å². The van der Waals surface area contributed by atoms with Gasteiger partial charge in [-0.1, -0.05) is 18.2 Å². The lowest BCUT2D eigenvalue weighted by Crippen LogP contribution is -2.30. The largest absolute Gasteiger partial charge is 0.271 e. The first kappa shape index (κ1) is 12.8. The number of aromatic amines is 1. The van der Waals surface area contributed by atoms with Crippen molar-refractivity contribution < 1.29 is 0 Å². The van der Waals surface area contributed by atoms with Gasteiger partial charge in [-0.3, -0.25) is 16.0 Å². The van der Waals surface area contributed by atoms with Gasteiger partial charge >= 0.3 is 0 Å². The van der Waals surface area contributed by atoms with E-state index in [-0.39, 0.29) is 6.04 Å². The Morgan fingerprint density at radius 3 is 2.95 bits per heavy atom. The number of hydrazine groups is 1. The van der Waals surface area contributed by atoms with E-state index < -0.39 is 0 Å². The second kappa shape index (κ2) is 5.40. The number of H-pyrrole nitrogens is 1. The zero-order chi connectivity index (χ0) is 13.9. The van der Waals surface area contributed by atoms with Crippen molar-refractivity contribution in [1.29, 1.82) is 0 Å². The van der Waals surface area contributed by atoms with Crippen LogP contribution in [0.1, 0.15) is 24.4 Å². The molecule has 0 fully saturated rings. The van der Waals surface area contributed by atoms with Crippen LogP contribution in [0.2, 0.25) is 0 Å². The Balaban J connectivity index is 1.98. The Bertz CT molecular complexity index is 686. The number of rotatable bonds is 5. The molecular weight excluding hydrogens is 254 g/mol. The van der Waals surface area contributed by atoms with Gasteiger partial charge in [0, 0.05) is 18.4 Å². The lowest BCUT2D eigenvalue weighted by molar-refractivity contribution is 0.526. The standard InChI is InChI=1S/C13H17N7/c1-2-20-13-6-4-3-5-9(13)10(18-20)7-11(16-14)12-8-15-19-17-12/h3-6,8,11,16H,2,7,14H2,1H3,(H,15,17,19). The lowest BCUT2D eigenvalue weighted by atomic mass is 10.1. The number of benzene rings is 1. The molecule has 3 rings (SSSR count). The summed E-state index contributed by atoms with van der Waals surface area (Å²) in [5.74, 6) is 5.63. The summed E-state index contributed by atoms with van der Waals surface area (Å²) in [5.41, 5.74) is 5.70. The van der Waals surface area contributed by atoms with Crippen LogP contribution < -0.4 is 11.3 Å². The first-order valence-corrected chi connectivity index (χ1v) is 6.59. The summed E-state index contributed by atoms with van der Waals surface area (Å²) in [5, 5.41) is 16.3. The molecule has 3 aromatic rings. The van der Waals surface area contributed by atoms with Gasteiger partial charge in [0.05, 0.1) is 23.4 Å². The summed E-state index contributed by atoms with van der Waals surface area (Å²) in [6.45, 7) is 2.92. The van der Waals surface area contributed by atoms with E-state index in [0.29, 0.717) is 6.42 Å². The summed E-state index contributed by atoms with van der Waals surface area (Å²) in [6.07, 6.45) is 2.33. The molecule has 0 bridgehead atoms. The summed E-state index contributed by atoms with van der Waals surface area (Å²) < 4.78 is 2.00. The number of nitrogens with two attached hydrogens (primary N) is 1. The Labute approximate surface area is 116 Å². The molecule has 7 nitrogen and oxygen atoms in total. The summed E-state index contributed by atoms with van der Waals surface area (Å²) in [4.78, 5) is 0. The van der Waals surface area contributed by atoms with Gasteiger partial charge in [-0.15, -0.1) is 0 Å². The zero-order valence-corrected chi connectivity index (χ0v) is 11.2. The normalized spacial score (nSPS) is 12.9. The Morgan fingerprint density at radius 2 is 2.25 bits per heavy atom. The Hall–Kier alpha value is -2.25. The number of nitrogens with one attached hydrogen (secondary N) is 2. The fourth-order valence-corrected chi connectivity index (χ4v) is 2.41. The number of aryl methyl sites for hydroxylation is 1. The smallest absolute Gasteiger partial charge is 0.101 e. The zero-order valence-electron chi connectivity index (χ0n) is 11.2. The molecule has 2 aromatic heterocycles. The highest BCUT2D eigenvalue weighted by molar-refractivity contribution is 5.82. The molecule has 20 heavy (non-hydrogen) atoms. The molecule has 1 aromatic carbocycles. The number of para-hydroxylation sites is 1. The average molecular weight is 271 g/mol. The average Bonchev–Trinajstić information content (AvgIpc) is 3.13. The molecule has 0 amide bonds. The highest BCUT2D eigenvalue weighted by Crippen LogP contribution is 2.22. The van der Waals surface area contributed by atoms with Gasteiger partial charge in [-0.05, 0) is 13.0 Å². The van der Waals surface area contributed by atoms with E-state index in [1.54, 1.807) is 6.20 Å². The van der Waals surface area contributed by atoms with Crippen LogP contribution in [0.5, 0.6) is 0 Å². The minimum absolute atomic E-state index is 0.114. The van der Waals surface area contributed by atoms with Crippen molar-refractivity contribution in [3.8, 4) is 0 Å². The van der Waals surface area contributed by atoms with Crippen LogP contribution in [-0.4, -0.2) is 25.2 Å². The maximum atomic E-state index is 5.63. The van der Waals surface area contributed by atoms with Crippen molar-refractivity contribution in [2.24, 2.45) is 5.84 Å². The van der Waals surface area contributed by atoms with Gasteiger partial charge in [0.15, 0.2) is 0 Å². The molecule has 2 heterocycles. The third-order valence-electron chi connectivity index (χ3n) is 3.42. The van der Waals surface area contributed by atoms with Gasteiger partial charge in [-0.25, -0.2) is 0 Å². The predicted octanol–water partition coefficient (Wildman–Crippen LogP) is 0.921. The third-order valence-corrected chi connectivity index (χ3v) is 3.42. The first-order chi connectivity index (χ1) is 9.83. The van der Waals surface area contributed by atoms with Crippen LogP contribution in [0.25, 0.3) is 10.9 Å². The van der Waals surface area contributed by atoms with Gasteiger partial charge in [0.2, 0.25) is 0 Å². The topological polar surface area (TPSA) is 97.4 Å². The molecule has 7 heteroatoms. The Kier molecular flexibility index (Phi) is 3.44. The van der Waals surface area contributed by atoms with Crippen LogP contribution in [0.3, 0.4) is 0 Å². The molecule has 0 aliphatic heterocycles. The van der Waals surface area contributed by atoms with Gasteiger partial charge in [0.25, 0.3) is 0 Å². The molecule has 4 N–H and O–H groups in total. The van der Waals surface area contributed by atoms with Crippen LogP contribution in [0, 0.1) is 0 Å². The van der Waals surface area contributed by atoms with E-state index >= 15 is 0 Å². The maximum Gasteiger partial charge on any atom is 0.101 e. The number of nitrogens with zero attached hydrogens (tertiary/aromatic N) is 4. The molecule has 0 spiro atoms. The van der Waals surface area contributed by atoms with Crippen molar-refractivity contribution in [1.82, 2.24) is 30.6 Å². The molecule has 0 aliphatic rings. The second-order valence-electron chi connectivity index (χ2n) is 4.60. The van der Waals surface area contributed by atoms with E-state index in [1.165, 1.54) is 0 Å². The monoisotopic (exact) mass is 271 g/mol. The number of hydrogen-bond donors (Lipinski definition) is 3. The highest BCUT2D eigenvalue weighted by atomic mass is 15.3. The van der Waals surface area contributed by atoms with Crippen molar-refractivity contribution in [3.05, 3.63) is 41.9 Å². The SMILES string of the molecule is CCn1nc(CC(NN)c2cn[nH]n2)c2ccccc21. The highest BCUT2D eigenvalue weighted by Gasteiger charge is 2.17. The summed E-state index contributed by atoms with van der Waals surface area (Å²) in [7, 11) is 0. The third kappa shape index (κ3) is 2.17. The van der Waals surface area contributed by atoms with Crippen molar-refractivity contribution in [2.75, 3.05) is 0 Å². The van der Waals surface area contributed by atoms with Gasteiger partial charge < -0.3 is 0 Å². The van der Waals surface area contributed by atoms with E-state index in [1.807, 2.05) is 16.8 Å². The van der Waals surface area contributed by atoms with E-state index in [2.05, 4.69) is 45.0 Å². The Morgan fingerprint density at radius 1 is 1.40 bits per heavy atom. The number of aromatic nitrogens is 5. The van der Waals surface area contributed by atoms with Crippen molar-refractivity contribution >= 4 is 10.9 Å². The molecule has 0 saturated heterocycles. The summed E-state index contributed by atoms with van der Waals surface area (Å²) >= 11 is 0. The molecule has 0 saturated carbocycles. The van der Waals surface area contributed by atoms with Gasteiger partial charge in [0.1, 0.15) is 5.69 Å². The fraction of sp³-hybridized carbons (Fsp3) is 0.308. The van der Waals surface area contributed by atoms with Crippen LogP contribution in [0.4, 0.5) is 0 Å². The molecular formula is C13H17N7. The number of fused-ring (bicyclic) bond motifs is 1. The van der Waals surface area contributed by atoms with Crippen LogP contribution >= 0.6 is 0 Å². The molecule has 1 atom stereocenters. The van der Waals surface area contributed by atoms with Crippen LogP contribution in [-0.2, 0) is 13.0 Å². The predicted molar refractivity (Wildman–Crippen MR) is 75.6 cm³/mol. The minimum Gasteiger partial charge on any atom is -0.271 e. The molecule has 0 radical (unpaired) electrons. The van der Waals surface area contributed by atoms with Crippen LogP contribution in [0.15, 0.2) is 30.5 Å². The number of hydrogen-bond acceptors (Lipinski definition) is 5. The van der Waals surface area contributed by atoms with E-state index in [4.69, 9.17) is 5.84 Å². The summed E-state index contributed by atoms with van der Waals surface area (Å²) in [6, 6.07) is 8.10. The molecule has 0 aliphatic carbocycles. The van der Waals surface area contributed by atoms with Crippen molar-refractivity contribution in [2.45, 2.75) is 25.9 Å². The maximum absolute atomic E-state index is 5.63. The quantitative estimate of drug-likeness (QED) is 0.473. The molecule has 1 unspecified atom stereocenters. The van der Waals surface area contributed by atoms with E-state index in [0.717, 1.165) is 28.8 Å². The minimum atomic E-state index is -0.114. The van der Waals surface area contributed by atoms with Crippen molar-refractivity contribution in [3.63, 3.8) is 0 Å². The fourth-order valence-electron chi connectivity index (χ4n) is 2.41. The van der Waals surface area contributed by atoms with E-state index in [9.17, 15) is 0 Å². The first-order valence-electron chi connectivity index (χ1n) is 6.59. The molecule has 104 valence electrons. The lowest BCUT2D eigenvalue weighted by Gasteiger charge is -2.11.